The molecule has 0 unspecified atom stereocenters. The number of hydrogen-bond donors (Lipinski definition) is 1. The summed E-state index contributed by atoms with van der Waals surface area (Å²) in [7, 11) is 0. The second kappa shape index (κ2) is 13.3. The fourth-order valence-corrected chi connectivity index (χ4v) is 3.46. The van der Waals surface area contributed by atoms with Crippen LogP contribution in [0.2, 0.25) is 0 Å². The number of hydrogen-bond acceptors (Lipinski definition) is 6. The summed E-state index contributed by atoms with van der Waals surface area (Å²) in [4.78, 5) is 38.9. The van der Waals surface area contributed by atoms with Gasteiger partial charge in [-0.05, 0) is 60.1 Å². The third-order valence-corrected chi connectivity index (χ3v) is 4.70. The molecule has 0 bridgehead atoms. The van der Waals surface area contributed by atoms with Gasteiger partial charge in [0, 0.05) is 36.8 Å². The molecule has 0 saturated heterocycles. The number of halogens is 4. The highest BCUT2D eigenvalue weighted by Crippen LogP contribution is 2.25. The number of ether oxygens (including phenoxy) is 2. The van der Waals surface area contributed by atoms with Gasteiger partial charge in [-0.3, -0.25) is 9.59 Å². The minimum Gasteiger partial charge on any atom is -0.460 e. The number of benzene rings is 1. The summed E-state index contributed by atoms with van der Waals surface area (Å²) >= 11 is 11.4. The Labute approximate surface area is 215 Å². The summed E-state index contributed by atoms with van der Waals surface area (Å²) in [5.74, 6) is -3.99. The summed E-state index contributed by atoms with van der Waals surface area (Å²) in [6, 6.07) is 0.482. The van der Waals surface area contributed by atoms with E-state index in [1.54, 1.807) is 41.5 Å². The Hall–Kier alpha value is -2.13. The minimum absolute atomic E-state index is 0.118. The van der Waals surface area contributed by atoms with Gasteiger partial charge < -0.3 is 19.7 Å². The number of rotatable bonds is 11. The molecule has 1 aromatic rings. The van der Waals surface area contributed by atoms with Crippen molar-refractivity contribution in [1.82, 2.24) is 5.32 Å². The number of carbonyl (C=O) groups excluding carboxylic acids is 3. The van der Waals surface area contributed by atoms with E-state index in [2.05, 4.69) is 5.32 Å². The molecule has 0 fully saturated rings. The predicted molar refractivity (Wildman–Crippen MR) is 132 cm³/mol. The van der Waals surface area contributed by atoms with Crippen LogP contribution in [-0.2, 0) is 19.1 Å². The van der Waals surface area contributed by atoms with Crippen molar-refractivity contribution < 1.29 is 32.6 Å². The molecule has 0 spiro atoms. The smallest absolute Gasteiger partial charge is 0.329 e. The van der Waals surface area contributed by atoms with Crippen molar-refractivity contribution in [2.75, 3.05) is 29.7 Å². The average molecular weight is 539 g/mol. The quantitative estimate of drug-likeness (QED) is 0.321. The Balaban J connectivity index is 3.13. The van der Waals surface area contributed by atoms with Gasteiger partial charge in [-0.1, -0.05) is 0 Å². The molecule has 1 amide bonds. The topological polar surface area (TPSA) is 84.9 Å². The fourth-order valence-electron chi connectivity index (χ4n) is 3.06. The monoisotopic (exact) mass is 538 g/mol. The molecule has 1 N–H and O–H groups in total. The lowest BCUT2D eigenvalue weighted by atomic mass is 10.1. The summed E-state index contributed by atoms with van der Waals surface area (Å²) in [5, 5.41) is 2.42. The van der Waals surface area contributed by atoms with E-state index in [1.807, 2.05) is 0 Å². The third kappa shape index (κ3) is 11.0. The van der Waals surface area contributed by atoms with Crippen LogP contribution in [0.5, 0.6) is 0 Å². The van der Waals surface area contributed by atoms with Crippen LogP contribution in [0.1, 0.15) is 64.7 Å². The SMILES string of the molecule is CC(C)(C)OC(=O)CC[C@H](NC(=O)c1cc(F)c(N(CCCl)CCCl)c(F)c1)C(=O)OC(C)(C)C. The van der Waals surface area contributed by atoms with E-state index >= 15 is 0 Å². The van der Waals surface area contributed by atoms with Crippen LogP contribution < -0.4 is 10.2 Å². The molecule has 0 aliphatic rings. The lowest BCUT2D eigenvalue weighted by molar-refractivity contribution is -0.158. The first-order chi connectivity index (χ1) is 16.1. The number of anilines is 1. The highest BCUT2D eigenvalue weighted by atomic mass is 35.5. The van der Waals surface area contributed by atoms with Gasteiger partial charge in [-0.2, -0.15) is 0 Å². The van der Waals surface area contributed by atoms with E-state index in [0.29, 0.717) is 0 Å². The van der Waals surface area contributed by atoms with Gasteiger partial charge in [0.15, 0.2) is 0 Å². The van der Waals surface area contributed by atoms with Gasteiger partial charge in [0.05, 0.1) is 0 Å². The van der Waals surface area contributed by atoms with Crippen LogP contribution in [0.4, 0.5) is 14.5 Å². The Morgan fingerprint density at radius 1 is 0.943 bits per heavy atom. The van der Waals surface area contributed by atoms with Crippen molar-refractivity contribution in [1.29, 1.82) is 0 Å². The molecule has 0 saturated carbocycles. The van der Waals surface area contributed by atoms with E-state index in [-0.39, 0.29) is 48.9 Å². The van der Waals surface area contributed by atoms with E-state index < -0.39 is 46.7 Å². The Morgan fingerprint density at radius 2 is 1.43 bits per heavy atom. The number of carbonyl (C=O) groups is 3. The maximum Gasteiger partial charge on any atom is 0.329 e. The van der Waals surface area contributed by atoms with Crippen LogP contribution in [0, 0.1) is 11.6 Å². The van der Waals surface area contributed by atoms with E-state index in [4.69, 9.17) is 32.7 Å². The molecule has 35 heavy (non-hydrogen) atoms. The predicted octanol–water partition coefficient (Wildman–Crippen LogP) is 4.81. The second-order valence-corrected chi connectivity index (χ2v) is 10.6. The molecule has 1 aromatic carbocycles. The maximum atomic E-state index is 14.8. The van der Waals surface area contributed by atoms with Gasteiger partial charge in [0.25, 0.3) is 5.91 Å². The zero-order valence-electron chi connectivity index (χ0n) is 21.0. The van der Waals surface area contributed by atoms with Crippen molar-refractivity contribution in [3.8, 4) is 0 Å². The zero-order valence-corrected chi connectivity index (χ0v) is 22.5. The molecular formula is C24H34Cl2F2N2O5. The molecule has 198 valence electrons. The number of alkyl halides is 2. The van der Waals surface area contributed by atoms with Gasteiger partial charge in [0.2, 0.25) is 0 Å². The largest absolute Gasteiger partial charge is 0.460 e. The number of nitrogens with one attached hydrogen (secondary N) is 1. The molecule has 0 aliphatic carbocycles. The summed E-state index contributed by atoms with van der Waals surface area (Å²) in [6.07, 6.45) is -0.313. The van der Waals surface area contributed by atoms with Gasteiger partial charge in [0.1, 0.15) is 34.6 Å². The Bertz CT molecular complexity index is 872. The fraction of sp³-hybridized carbons (Fsp3) is 0.625. The minimum atomic E-state index is -1.25. The molecule has 0 heterocycles. The Morgan fingerprint density at radius 3 is 1.86 bits per heavy atom. The normalized spacial score (nSPS) is 12.6. The number of esters is 2. The van der Waals surface area contributed by atoms with Crippen LogP contribution in [0.3, 0.4) is 0 Å². The maximum absolute atomic E-state index is 14.8. The van der Waals surface area contributed by atoms with Gasteiger partial charge >= 0.3 is 11.9 Å². The first kappa shape index (κ1) is 30.9. The van der Waals surface area contributed by atoms with Crippen LogP contribution in [-0.4, -0.2) is 59.9 Å². The third-order valence-electron chi connectivity index (χ3n) is 4.36. The van der Waals surface area contributed by atoms with Gasteiger partial charge in [-0.25, -0.2) is 13.6 Å². The second-order valence-electron chi connectivity index (χ2n) is 9.84. The molecule has 1 atom stereocenters. The first-order valence-corrected chi connectivity index (χ1v) is 12.3. The van der Waals surface area contributed by atoms with Crippen LogP contribution in [0.25, 0.3) is 0 Å². The summed E-state index contributed by atoms with van der Waals surface area (Å²) in [6.45, 7) is 10.3. The molecule has 0 radical (unpaired) electrons. The van der Waals surface area contributed by atoms with E-state index in [0.717, 1.165) is 12.1 Å². The number of amides is 1. The molecule has 0 aromatic heterocycles. The van der Waals surface area contributed by atoms with Crippen molar-refractivity contribution in [3.05, 3.63) is 29.3 Å². The standard InChI is InChI=1S/C24H34Cl2F2N2O5/c1-23(2,3)34-19(31)8-7-18(22(33)35-24(4,5)6)29-21(32)15-13-16(27)20(17(28)14-15)30(11-9-25)12-10-26/h13-14,18H,7-12H2,1-6H3,(H,29,32)/t18-/m0/s1. The first-order valence-electron chi connectivity index (χ1n) is 11.2. The zero-order chi connectivity index (χ0) is 27.0. The molecular weight excluding hydrogens is 505 g/mol. The molecule has 7 nitrogen and oxygen atoms in total. The van der Waals surface area contributed by atoms with E-state index in [1.165, 1.54) is 4.90 Å². The lowest BCUT2D eigenvalue weighted by Gasteiger charge is -2.26. The lowest BCUT2D eigenvalue weighted by Crippen LogP contribution is -2.44. The summed E-state index contributed by atoms with van der Waals surface area (Å²) < 4.78 is 40.2. The average Bonchev–Trinajstić information content (AvgIpc) is 2.68. The molecule has 0 aliphatic heterocycles. The molecule has 1 rings (SSSR count). The van der Waals surface area contributed by atoms with Crippen LogP contribution in [0.15, 0.2) is 12.1 Å². The van der Waals surface area contributed by atoms with Crippen molar-refractivity contribution in [2.45, 2.75) is 71.6 Å². The van der Waals surface area contributed by atoms with Crippen LogP contribution >= 0.6 is 23.2 Å². The van der Waals surface area contributed by atoms with Crippen molar-refractivity contribution >= 4 is 46.7 Å². The highest BCUT2D eigenvalue weighted by Gasteiger charge is 2.29. The van der Waals surface area contributed by atoms with Crippen molar-refractivity contribution in [2.24, 2.45) is 0 Å². The molecule has 11 heteroatoms. The summed E-state index contributed by atoms with van der Waals surface area (Å²) in [5.41, 5.74) is -2.28. The van der Waals surface area contributed by atoms with Gasteiger partial charge in [-0.15, -0.1) is 23.2 Å². The van der Waals surface area contributed by atoms with E-state index in [9.17, 15) is 23.2 Å². The number of nitrogens with zero attached hydrogens (tertiary/aromatic N) is 1. The highest BCUT2D eigenvalue weighted by molar-refractivity contribution is 6.18. The van der Waals surface area contributed by atoms with Crippen molar-refractivity contribution in [3.63, 3.8) is 0 Å². The Kier molecular flexibility index (Phi) is 11.7.